The van der Waals surface area contributed by atoms with Gasteiger partial charge in [-0.3, -0.25) is 9.69 Å². The van der Waals surface area contributed by atoms with Gasteiger partial charge in [-0.2, -0.15) is 4.98 Å². The number of halogens is 1. The van der Waals surface area contributed by atoms with Crippen LogP contribution in [0, 0.1) is 5.82 Å². The molecule has 5 rings (SSSR count). The SMILES string of the molecule is CC(=O)NC[C@H]1CN(c2ccc(N3CCN(c4nc5cc(N)ccc5o4)CC3)c(F)c2)C(=O)O1. The first-order valence-corrected chi connectivity index (χ1v) is 11.1. The summed E-state index contributed by atoms with van der Waals surface area (Å²) >= 11 is 0. The third-order valence-corrected chi connectivity index (χ3v) is 5.99. The number of carbonyl (C=O) groups is 2. The molecular formula is C23H25FN6O4. The van der Waals surface area contributed by atoms with Crippen LogP contribution >= 0.6 is 0 Å². The molecule has 2 fully saturated rings. The molecule has 1 aromatic heterocycles. The Bertz CT molecular complexity index is 1240. The zero-order valence-corrected chi connectivity index (χ0v) is 18.7. The van der Waals surface area contributed by atoms with Crippen LogP contribution in [0.1, 0.15) is 6.92 Å². The van der Waals surface area contributed by atoms with E-state index in [0.29, 0.717) is 60.4 Å². The zero-order valence-electron chi connectivity index (χ0n) is 18.7. The fourth-order valence-electron chi connectivity index (χ4n) is 4.22. The van der Waals surface area contributed by atoms with Gasteiger partial charge in [-0.05, 0) is 36.4 Å². The van der Waals surface area contributed by atoms with Crippen LogP contribution < -0.4 is 25.8 Å². The van der Waals surface area contributed by atoms with E-state index in [2.05, 4.69) is 10.3 Å². The standard InChI is InChI=1S/C23H25FN6O4/c1-14(31)26-12-17-13-30(23(32)33-17)16-3-4-20(18(24)11-16)28-6-8-29(9-7-28)22-27-19-10-15(25)2-5-21(19)34-22/h2-5,10-11,17H,6-9,12-13,25H2,1H3,(H,26,31)/t17-/m0/s1. The highest BCUT2D eigenvalue weighted by atomic mass is 19.1. The van der Waals surface area contributed by atoms with Crippen LogP contribution in [0.3, 0.4) is 0 Å². The Balaban J connectivity index is 1.23. The van der Waals surface area contributed by atoms with E-state index in [9.17, 15) is 9.59 Å². The van der Waals surface area contributed by atoms with Gasteiger partial charge in [-0.25, -0.2) is 9.18 Å². The number of benzene rings is 2. The van der Waals surface area contributed by atoms with Crippen LogP contribution in [0.2, 0.25) is 0 Å². The molecule has 0 aliphatic carbocycles. The van der Waals surface area contributed by atoms with Gasteiger partial charge in [-0.15, -0.1) is 0 Å². The van der Waals surface area contributed by atoms with Gasteiger partial charge in [0.2, 0.25) is 5.91 Å². The molecule has 2 aliphatic rings. The van der Waals surface area contributed by atoms with Crippen LogP contribution in [-0.4, -0.2) is 62.4 Å². The Morgan fingerprint density at radius 3 is 2.68 bits per heavy atom. The minimum Gasteiger partial charge on any atom is -0.442 e. The summed E-state index contributed by atoms with van der Waals surface area (Å²) in [4.78, 5) is 33.2. The van der Waals surface area contributed by atoms with Gasteiger partial charge in [0.15, 0.2) is 5.58 Å². The first kappa shape index (κ1) is 21.8. The first-order valence-electron chi connectivity index (χ1n) is 11.1. The zero-order chi connectivity index (χ0) is 23.8. The van der Waals surface area contributed by atoms with E-state index in [1.165, 1.54) is 17.9 Å². The summed E-state index contributed by atoms with van der Waals surface area (Å²) in [6, 6.07) is 10.6. The third-order valence-electron chi connectivity index (χ3n) is 5.99. The lowest BCUT2D eigenvalue weighted by atomic mass is 10.2. The Morgan fingerprint density at radius 2 is 1.94 bits per heavy atom. The molecule has 1 atom stereocenters. The fraction of sp³-hybridized carbons (Fsp3) is 0.348. The number of hydrogen-bond donors (Lipinski definition) is 2. The van der Waals surface area contributed by atoms with Gasteiger partial charge in [-0.1, -0.05) is 0 Å². The average molecular weight is 468 g/mol. The van der Waals surface area contributed by atoms with E-state index in [-0.39, 0.29) is 19.0 Å². The van der Waals surface area contributed by atoms with Crippen molar-refractivity contribution in [3.8, 4) is 0 Å². The molecule has 3 aromatic rings. The second-order valence-corrected chi connectivity index (χ2v) is 8.39. The van der Waals surface area contributed by atoms with Crippen LogP contribution in [0.4, 0.5) is 32.3 Å². The maximum absolute atomic E-state index is 15.0. The molecule has 2 amide bonds. The van der Waals surface area contributed by atoms with E-state index < -0.39 is 18.0 Å². The molecule has 2 aromatic carbocycles. The largest absolute Gasteiger partial charge is 0.442 e. The molecule has 3 N–H and O–H groups in total. The summed E-state index contributed by atoms with van der Waals surface area (Å²) in [5.41, 5.74) is 8.71. The monoisotopic (exact) mass is 468 g/mol. The lowest BCUT2D eigenvalue weighted by Crippen LogP contribution is -2.47. The number of piperazine rings is 1. The van der Waals surface area contributed by atoms with Crippen LogP contribution in [0.25, 0.3) is 11.1 Å². The van der Waals surface area contributed by atoms with Crippen LogP contribution in [0.15, 0.2) is 40.8 Å². The number of rotatable bonds is 5. The molecule has 0 bridgehead atoms. The molecule has 178 valence electrons. The number of nitrogens with two attached hydrogens (primary N) is 1. The molecule has 2 saturated heterocycles. The van der Waals surface area contributed by atoms with Crippen molar-refractivity contribution in [2.45, 2.75) is 13.0 Å². The van der Waals surface area contributed by atoms with Crippen molar-refractivity contribution in [1.82, 2.24) is 10.3 Å². The number of nitrogens with one attached hydrogen (secondary N) is 1. The Kier molecular flexibility index (Phi) is 5.60. The number of oxazole rings is 1. The van der Waals surface area contributed by atoms with Crippen molar-refractivity contribution in [2.75, 3.05) is 59.7 Å². The molecule has 0 unspecified atom stereocenters. The molecule has 0 radical (unpaired) electrons. The maximum atomic E-state index is 15.0. The molecule has 0 spiro atoms. The maximum Gasteiger partial charge on any atom is 0.414 e. The summed E-state index contributed by atoms with van der Waals surface area (Å²) in [5.74, 6) is -0.618. The van der Waals surface area contributed by atoms with Crippen molar-refractivity contribution >= 4 is 46.2 Å². The topological polar surface area (TPSA) is 117 Å². The first-order chi connectivity index (χ1) is 16.4. The minimum atomic E-state index is -0.559. The van der Waals surface area contributed by atoms with Gasteiger partial charge in [0.1, 0.15) is 17.4 Å². The molecule has 3 heterocycles. The third kappa shape index (κ3) is 4.28. The van der Waals surface area contributed by atoms with E-state index in [1.54, 1.807) is 30.3 Å². The van der Waals surface area contributed by atoms with E-state index in [0.717, 1.165) is 0 Å². The molecular weight excluding hydrogens is 443 g/mol. The molecule has 34 heavy (non-hydrogen) atoms. The normalized spacial score (nSPS) is 18.5. The highest BCUT2D eigenvalue weighted by molar-refractivity contribution is 5.90. The summed E-state index contributed by atoms with van der Waals surface area (Å²) < 4.78 is 26.1. The van der Waals surface area contributed by atoms with Crippen molar-refractivity contribution in [3.63, 3.8) is 0 Å². The van der Waals surface area contributed by atoms with Gasteiger partial charge >= 0.3 is 6.09 Å². The van der Waals surface area contributed by atoms with E-state index >= 15 is 4.39 Å². The van der Waals surface area contributed by atoms with E-state index in [4.69, 9.17) is 14.9 Å². The number of cyclic esters (lactones) is 1. The number of ether oxygens (including phenoxy) is 1. The second-order valence-electron chi connectivity index (χ2n) is 8.39. The number of fused-ring (bicyclic) bond motifs is 1. The molecule has 11 heteroatoms. The van der Waals surface area contributed by atoms with E-state index in [1.807, 2.05) is 9.80 Å². The lowest BCUT2D eigenvalue weighted by molar-refractivity contribution is -0.119. The van der Waals surface area contributed by atoms with Crippen molar-refractivity contribution in [1.29, 1.82) is 0 Å². The van der Waals surface area contributed by atoms with Gasteiger partial charge in [0.05, 0.1) is 24.5 Å². The molecule has 2 aliphatic heterocycles. The average Bonchev–Trinajstić information content (AvgIpc) is 3.40. The van der Waals surface area contributed by atoms with Crippen molar-refractivity contribution in [2.24, 2.45) is 0 Å². The number of amides is 2. The van der Waals surface area contributed by atoms with Gasteiger partial charge in [0, 0.05) is 38.8 Å². The highest BCUT2D eigenvalue weighted by Gasteiger charge is 2.33. The van der Waals surface area contributed by atoms with Crippen molar-refractivity contribution < 1.29 is 23.1 Å². The molecule has 10 nitrogen and oxygen atoms in total. The number of anilines is 4. The van der Waals surface area contributed by atoms with Crippen molar-refractivity contribution in [3.05, 3.63) is 42.2 Å². The number of carbonyl (C=O) groups excluding carboxylic acids is 2. The Morgan fingerprint density at radius 1 is 1.18 bits per heavy atom. The summed E-state index contributed by atoms with van der Waals surface area (Å²) in [7, 11) is 0. The summed E-state index contributed by atoms with van der Waals surface area (Å²) in [5, 5.41) is 2.62. The van der Waals surface area contributed by atoms with Crippen LogP contribution in [-0.2, 0) is 9.53 Å². The summed E-state index contributed by atoms with van der Waals surface area (Å²) in [6.07, 6.45) is -1.04. The minimum absolute atomic E-state index is 0.203. The number of hydrogen-bond acceptors (Lipinski definition) is 8. The number of nitrogen functional groups attached to an aromatic ring is 1. The fourth-order valence-corrected chi connectivity index (χ4v) is 4.22. The highest BCUT2D eigenvalue weighted by Crippen LogP contribution is 2.30. The van der Waals surface area contributed by atoms with Crippen LogP contribution in [0.5, 0.6) is 0 Å². The predicted molar refractivity (Wildman–Crippen MR) is 126 cm³/mol. The Hall–Kier alpha value is -4.02. The number of nitrogens with zero attached hydrogens (tertiary/aromatic N) is 4. The predicted octanol–water partition coefficient (Wildman–Crippen LogP) is 2.34. The summed E-state index contributed by atoms with van der Waals surface area (Å²) in [6.45, 7) is 4.26. The van der Waals surface area contributed by atoms with Gasteiger partial charge in [0.25, 0.3) is 6.01 Å². The van der Waals surface area contributed by atoms with Gasteiger partial charge < -0.3 is 30.0 Å². The second kappa shape index (κ2) is 8.73. The number of aromatic nitrogens is 1. The lowest BCUT2D eigenvalue weighted by Gasteiger charge is -2.35. The quantitative estimate of drug-likeness (QED) is 0.548. The smallest absolute Gasteiger partial charge is 0.414 e. The Labute approximate surface area is 195 Å². The molecule has 0 saturated carbocycles.